The average molecular weight is 276 g/mol. The van der Waals surface area contributed by atoms with Crippen LogP contribution < -0.4 is 11.1 Å². The molecular formula is C14H20N4O2. The molecule has 108 valence electrons. The lowest BCUT2D eigenvalue weighted by Gasteiger charge is -2.31. The third-order valence-electron chi connectivity index (χ3n) is 3.41. The van der Waals surface area contributed by atoms with Gasteiger partial charge in [-0.2, -0.15) is 0 Å². The largest absolute Gasteiger partial charge is 0.355 e. The minimum absolute atomic E-state index is 0.0195. The Bertz CT molecular complexity index is 464. The summed E-state index contributed by atoms with van der Waals surface area (Å²) in [6.07, 6.45) is 3.24. The molecule has 1 fully saturated rings. The van der Waals surface area contributed by atoms with E-state index in [4.69, 9.17) is 5.73 Å². The summed E-state index contributed by atoms with van der Waals surface area (Å²) in [6.45, 7) is 2.03. The number of hydrogen-bond donors (Lipinski definition) is 2. The van der Waals surface area contributed by atoms with Gasteiger partial charge in [0.15, 0.2) is 0 Å². The Labute approximate surface area is 118 Å². The number of nitrogens with zero attached hydrogens (tertiary/aromatic N) is 2. The lowest BCUT2D eigenvalue weighted by Crippen LogP contribution is -2.46. The van der Waals surface area contributed by atoms with Crippen LogP contribution in [0, 0.1) is 5.92 Å². The fourth-order valence-corrected chi connectivity index (χ4v) is 2.37. The van der Waals surface area contributed by atoms with Gasteiger partial charge in [-0.3, -0.25) is 14.6 Å². The summed E-state index contributed by atoms with van der Waals surface area (Å²) in [4.78, 5) is 30.0. The molecule has 2 amide bonds. The van der Waals surface area contributed by atoms with Crippen molar-refractivity contribution in [1.29, 1.82) is 0 Å². The number of pyridine rings is 1. The van der Waals surface area contributed by atoms with E-state index in [1.54, 1.807) is 29.3 Å². The molecule has 1 aliphatic heterocycles. The van der Waals surface area contributed by atoms with Crippen LogP contribution in [0.1, 0.15) is 23.3 Å². The standard InChI is InChI=1S/C14H20N4O2/c15-6-8-17-13(19)11-4-3-9-18(10-11)14(20)12-5-1-2-7-16-12/h1-2,5,7,11H,3-4,6,8-10,15H2,(H,17,19). The van der Waals surface area contributed by atoms with Crippen LogP contribution in [-0.2, 0) is 4.79 Å². The number of amides is 2. The molecule has 1 aromatic rings. The van der Waals surface area contributed by atoms with Crippen molar-refractivity contribution in [3.05, 3.63) is 30.1 Å². The monoisotopic (exact) mass is 276 g/mol. The topological polar surface area (TPSA) is 88.3 Å². The second-order valence-electron chi connectivity index (χ2n) is 4.89. The number of carbonyl (C=O) groups is 2. The van der Waals surface area contributed by atoms with Crippen LogP contribution in [0.5, 0.6) is 0 Å². The molecule has 0 radical (unpaired) electrons. The van der Waals surface area contributed by atoms with Crippen molar-refractivity contribution in [1.82, 2.24) is 15.2 Å². The van der Waals surface area contributed by atoms with Gasteiger partial charge in [0.25, 0.3) is 5.91 Å². The van der Waals surface area contributed by atoms with Crippen LogP contribution in [0.15, 0.2) is 24.4 Å². The van der Waals surface area contributed by atoms with Crippen molar-refractivity contribution in [2.75, 3.05) is 26.2 Å². The minimum Gasteiger partial charge on any atom is -0.355 e. The van der Waals surface area contributed by atoms with Crippen LogP contribution in [-0.4, -0.2) is 47.9 Å². The van der Waals surface area contributed by atoms with Gasteiger partial charge < -0.3 is 16.0 Å². The fraction of sp³-hybridized carbons (Fsp3) is 0.500. The molecular weight excluding hydrogens is 256 g/mol. The molecule has 1 unspecified atom stereocenters. The summed E-state index contributed by atoms with van der Waals surface area (Å²) in [6, 6.07) is 5.26. The molecule has 0 saturated carbocycles. The Morgan fingerprint density at radius 2 is 2.30 bits per heavy atom. The summed E-state index contributed by atoms with van der Waals surface area (Å²) >= 11 is 0. The van der Waals surface area contributed by atoms with Crippen LogP contribution in [0.4, 0.5) is 0 Å². The first-order valence-corrected chi connectivity index (χ1v) is 6.90. The van der Waals surface area contributed by atoms with E-state index in [-0.39, 0.29) is 17.7 Å². The van der Waals surface area contributed by atoms with Gasteiger partial charge in [-0.15, -0.1) is 0 Å². The van der Waals surface area contributed by atoms with Gasteiger partial charge in [-0.05, 0) is 25.0 Å². The summed E-state index contributed by atoms with van der Waals surface area (Å²) in [5, 5.41) is 2.78. The number of likely N-dealkylation sites (tertiary alicyclic amines) is 1. The number of rotatable bonds is 4. The highest BCUT2D eigenvalue weighted by atomic mass is 16.2. The summed E-state index contributed by atoms with van der Waals surface area (Å²) in [7, 11) is 0. The van der Waals surface area contributed by atoms with E-state index in [1.165, 1.54) is 0 Å². The molecule has 6 heteroatoms. The zero-order valence-electron chi connectivity index (χ0n) is 11.4. The normalized spacial score (nSPS) is 18.6. The number of nitrogens with two attached hydrogens (primary N) is 1. The van der Waals surface area contributed by atoms with Gasteiger partial charge in [-0.25, -0.2) is 0 Å². The van der Waals surface area contributed by atoms with Crippen LogP contribution >= 0.6 is 0 Å². The third kappa shape index (κ3) is 3.54. The van der Waals surface area contributed by atoms with E-state index in [0.29, 0.717) is 31.9 Å². The molecule has 0 bridgehead atoms. The summed E-state index contributed by atoms with van der Waals surface area (Å²) < 4.78 is 0. The number of nitrogens with one attached hydrogen (secondary N) is 1. The zero-order valence-corrected chi connectivity index (χ0v) is 11.4. The Morgan fingerprint density at radius 1 is 1.45 bits per heavy atom. The van der Waals surface area contributed by atoms with Crippen molar-refractivity contribution in [2.24, 2.45) is 11.7 Å². The first-order chi connectivity index (χ1) is 9.72. The van der Waals surface area contributed by atoms with Gasteiger partial charge in [0.05, 0.1) is 5.92 Å². The van der Waals surface area contributed by atoms with E-state index in [1.807, 2.05) is 0 Å². The van der Waals surface area contributed by atoms with Crippen LogP contribution in [0.3, 0.4) is 0 Å². The second-order valence-corrected chi connectivity index (χ2v) is 4.89. The highest BCUT2D eigenvalue weighted by Gasteiger charge is 2.28. The molecule has 3 N–H and O–H groups in total. The molecule has 0 spiro atoms. The Morgan fingerprint density at radius 3 is 3.00 bits per heavy atom. The van der Waals surface area contributed by atoms with Gasteiger partial charge in [0.1, 0.15) is 5.69 Å². The molecule has 0 aromatic carbocycles. The zero-order chi connectivity index (χ0) is 14.4. The second kappa shape index (κ2) is 7.00. The minimum atomic E-state index is -0.150. The fourth-order valence-electron chi connectivity index (χ4n) is 2.37. The van der Waals surface area contributed by atoms with Crippen molar-refractivity contribution in [3.8, 4) is 0 Å². The predicted octanol–water partition coefficient (Wildman–Crippen LogP) is 0.00870. The van der Waals surface area contributed by atoms with E-state index in [0.717, 1.165) is 12.8 Å². The Kier molecular flexibility index (Phi) is 5.06. The van der Waals surface area contributed by atoms with E-state index in [2.05, 4.69) is 10.3 Å². The summed E-state index contributed by atoms with van der Waals surface area (Å²) in [5.41, 5.74) is 5.80. The highest BCUT2D eigenvalue weighted by Crippen LogP contribution is 2.18. The van der Waals surface area contributed by atoms with Crippen LogP contribution in [0.25, 0.3) is 0 Å². The summed E-state index contributed by atoms with van der Waals surface area (Å²) in [5.74, 6) is -0.279. The maximum atomic E-state index is 12.3. The lowest BCUT2D eigenvalue weighted by atomic mass is 9.97. The van der Waals surface area contributed by atoms with Crippen molar-refractivity contribution in [3.63, 3.8) is 0 Å². The van der Waals surface area contributed by atoms with Gasteiger partial charge in [0, 0.05) is 32.4 Å². The average Bonchev–Trinajstić information content (AvgIpc) is 2.52. The lowest BCUT2D eigenvalue weighted by molar-refractivity contribution is -0.126. The molecule has 20 heavy (non-hydrogen) atoms. The molecule has 0 aliphatic carbocycles. The Balaban J connectivity index is 1.96. The maximum absolute atomic E-state index is 12.3. The van der Waals surface area contributed by atoms with Gasteiger partial charge in [0.2, 0.25) is 5.91 Å². The molecule has 1 aromatic heterocycles. The van der Waals surface area contributed by atoms with Crippen molar-refractivity contribution < 1.29 is 9.59 Å². The van der Waals surface area contributed by atoms with Crippen molar-refractivity contribution >= 4 is 11.8 Å². The van der Waals surface area contributed by atoms with E-state index in [9.17, 15) is 9.59 Å². The number of carbonyl (C=O) groups excluding carboxylic acids is 2. The number of hydrogen-bond acceptors (Lipinski definition) is 4. The molecule has 2 rings (SSSR count). The predicted molar refractivity (Wildman–Crippen MR) is 74.9 cm³/mol. The molecule has 1 atom stereocenters. The quantitative estimate of drug-likeness (QED) is 0.810. The molecule has 1 saturated heterocycles. The number of piperidine rings is 1. The van der Waals surface area contributed by atoms with E-state index >= 15 is 0 Å². The van der Waals surface area contributed by atoms with Gasteiger partial charge >= 0.3 is 0 Å². The third-order valence-corrected chi connectivity index (χ3v) is 3.41. The molecule has 2 heterocycles. The Hall–Kier alpha value is -1.95. The van der Waals surface area contributed by atoms with E-state index < -0.39 is 0 Å². The highest BCUT2D eigenvalue weighted by molar-refractivity contribution is 5.92. The van der Waals surface area contributed by atoms with Crippen LogP contribution in [0.2, 0.25) is 0 Å². The molecule has 1 aliphatic rings. The first-order valence-electron chi connectivity index (χ1n) is 6.90. The van der Waals surface area contributed by atoms with Gasteiger partial charge in [-0.1, -0.05) is 6.07 Å². The smallest absolute Gasteiger partial charge is 0.272 e. The van der Waals surface area contributed by atoms with Crippen molar-refractivity contribution in [2.45, 2.75) is 12.8 Å². The SMILES string of the molecule is NCCNC(=O)C1CCCN(C(=O)c2ccccn2)C1. The number of aromatic nitrogens is 1. The maximum Gasteiger partial charge on any atom is 0.272 e. The molecule has 6 nitrogen and oxygen atoms in total. The first kappa shape index (κ1) is 14.5.